The number of methoxy groups -OCH3 is 1. The number of nitrogens with zero attached hydrogens (tertiary/aromatic N) is 4. The Morgan fingerprint density at radius 1 is 1.37 bits per heavy atom. The van der Waals surface area contributed by atoms with Crippen LogP contribution in [0.25, 0.3) is 0 Å². The maximum absolute atomic E-state index is 11.3. The van der Waals surface area contributed by atoms with E-state index < -0.39 is 0 Å². The molecule has 0 N–H and O–H groups in total. The minimum atomic E-state index is -0.0274. The quantitative estimate of drug-likeness (QED) is 0.748. The molecule has 0 unspecified atom stereocenters. The van der Waals surface area contributed by atoms with Crippen molar-refractivity contribution in [2.45, 2.75) is 13.5 Å². The summed E-state index contributed by atoms with van der Waals surface area (Å²) in [5.74, 6) is 1.47. The van der Waals surface area contributed by atoms with E-state index in [0.717, 1.165) is 0 Å². The molecule has 0 spiro atoms. The van der Waals surface area contributed by atoms with Gasteiger partial charge in [-0.15, -0.1) is 10.2 Å². The topological polar surface area (TPSA) is 79.1 Å². The molecule has 0 atom stereocenters. The number of Topliss-reactive ketones (excluding diaryl/α,β-unsaturated/α-hetero) is 1. The summed E-state index contributed by atoms with van der Waals surface area (Å²) in [7, 11) is 3.20. The molecular weight excluding hydrogens is 248 g/mol. The average Bonchev–Trinajstić information content (AvgIpc) is 2.81. The second-order valence-corrected chi connectivity index (χ2v) is 3.91. The van der Waals surface area contributed by atoms with Gasteiger partial charge in [0.25, 0.3) is 0 Å². The molecule has 1 aromatic heterocycles. The molecule has 0 radical (unpaired) electrons. The third-order valence-electron chi connectivity index (χ3n) is 2.48. The number of aryl methyl sites for hydroxylation is 1. The van der Waals surface area contributed by atoms with Gasteiger partial charge in [0.15, 0.2) is 23.9 Å². The van der Waals surface area contributed by atoms with Gasteiger partial charge in [-0.3, -0.25) is 4.79 Å². The second kappa shape index (κ2) is 5.47. The number of hydrogen-bond acceptors (Lipinski definition) is 6. The summed E-state index contributed by atoms with van der Waals surface area (Å²) in [5, 5.41) is 11.5. The highest BCUT2D eigenvalue weighted by molar-refractivity contribution is 5.94. The molecule has 0 bridgehead atoms. The van der Waals surface area contributed by atoms with E-state index in [1.807, 2.05) is 0 Å². The van der Waals surface area contributed by atoms with Crippen LogP contribution in [0, 0.1) is 0 Å². The van der Waals surface area contributed by atoms with Crippen molar-refractivity contribution in [2.75, 3.05) is 7.11 Å². The summed E-state index contributed by atoms with van der Waals surface area (Å²) in [4.78, 5) is 12.6. The molecule has 0 aliphatic carbocycles. The first-order chi connectivity index (χ1) is 9.10. The van der Waals surface area contributed by atoms with Crippen molar-refractivity contribution in [3.8, 4) is 11.5 Å². The number of hydrogen-bond donors (Lipinski definition) is 0. The lowest BCUT2D eigenvalue weighted by Gasteiger charge is -2.10. The molecule has 1 aromatic carbocycles. The van der Waals surface area contributed by atoms with Crippen molar-refractivity contribution >= 4 is 5.78 Å². The largest absolute Gasteiger partial charge is 0.493 e. The van der Waals surface area contributed by atoms with Crippen LogP contribution >= 0.6 is 0 Å². The summed E-state index contributed by atoms with van der Waals surface area (Å²) >= 11 is 0. The standard InChI is InChI=1S/C12H14N4O3/c1-8(17)9-4-5-10(11(6-9)18-3)19-7-12-13-15-16(2)14-12/h4-6H,7H2,1-3H3. The number of rotatable bonds is 5. The zero-order chi connectivity index (χ0) is 13.8. The molecule has 7 nitrogen and oxygen atoms in total. The van der Waals surface area contributed by atoms with Gasteiger partial charge >= 0.3 is 0 Å². The fraction of sp³-hybridized carbons (Fsp3) is 0.333. The maximum atomic E-state index is 11.3. The van der Waals surface area contributed by atoms with Gasteiger partial charge in [-0.25, -0.2) is 0 Å². The van der Waals surface area contributed by atoms with Crippen LogP contribution in [0.4, 0.5) is 0 Å². The number of aromatic nitrogens is 4. The Bertz CT molecular complexity index is 594. The van der Waals surface area contributed by atoms with E-state index >= 15 is 0 Å². The van der Waals surface area contributed by atoms with E-state index in [1.165, 1.54) is 18.8 Å². The number of ketones is 1. The smallest absolute Gasteiger partial charge is 0.212 e. The van der Waals surface area contributed by atoms with Gasteiger partial charge in [0.1, 0.15) is 0 Å². The Balaban J connectivity index is 2.13. The second-order valence-electron chi connectivity index (χ2n) is 3.91. The fourth-order valence-corrected chi connectivity index (χ4v) is 1.53. The minimum absolute atomic E-state index is 0.0274. The summed E-state index contributed by atoms with van der Waals surface area (Å²) in [6.07, 6.45) is 0. The maximum Gasteiger partial charge on any atom is 0.212 e. The van der Waals surface area contributed by atoms with E-state index in [9.17, 15) is 4.79 Å². The van der Waals surface area contributed by atoms with Gasteiger partial charge in [-0.2, -0.15) is 4.80 Å². The predicted octanol–water partition coefficient (Wildman–Crippen LogP) is 1.00. The third kappa shape index (κ3) is 3.06. The Morgan fingerprint density at radius 3 is 2.74 bits per heavy atom. The van der Waals surface area contributed by atoms with Gasteiger partial charge in [-0.1, -0.05) is 0 Å². The highest BCUT2D eigenvalue weighted by Crippen LogP contribution is 2.28. The molecule has 0 saturated carbocycles. The highest BCUT2D eigenvalue weighted by Gasteiger charge is 2.09. The third-order valence-corrected chi connectivity index (χ3v) is 2.48. The van der Waals surface area contributed by atoms with Gasteiger partial charge in [0.05, 0.1) is 14.2 Å². The Labute approximate surface area is 110 Å². The van der Waals surface area contributed by atoms with Crippen LogP contribution in [0.1, 0.15) is 23.1 Å². The molecule has 7 heteroatoms. The van der Waals surface area contributed by atoms with E-state index in [-0.39, 0.29) is 12.4 Å². The van der Waals surface area contributed by atoms with Crippen molar-refractivity contribution in [1.29, 1.82) is 0 Å². The summed E-state index contributed by atoms with van der Waals surface area (Å²) in [6.45, 7) is 1.68. The molecule has 100 valence electrons. The number of ether oxygens (including phenoxy) is 2. The van der Waals surface area contributed by atoms with Crippen molar-refractivity contribution in [1.82, 2.24) is 20.2 Å². The van der Waals surface area contributed by atoms with Crippen LogP contribution in [0.15, 0.2) is 18.2 Å². The van der Waals surface area contributed by atoms with E-state index in [2.05, 4.69) is 15.4 Å². The van der Waals surface area contributed by atoms with Gasteiger partial charge < -0.3 is 9.47 Å². The summed E-state index contributed by atoms with van der Waals surface area (Å²) in [5.41, 5.74) is 0.571. The number of carbonyl (C=O) groups excluding carboxylic acids is 1. The molecule has 2 aromatic rings. The van der Waals surface area contributed by atoms with Crippen LogP contribution in [0.2, 0.25) is 0 Å². The minimum Gasteiger partial charge on any atom is -0.493 e. The van der Waals surface area contributed by atoms with E-state index in [1.54, 1.807) is 25.2 Å². The van der Waals surface area contributed by atoms with Crippen LogP contribution < -0.4 is 9.47 Å². The molecule has 19 heavy (non-hydrogen) atoms. The van der Waals surface area contributed by atoms with Crippen molar-refractivity contribution in [2.24, 2.45) is 7.05 Å². The molecule has 1 heterocycles. The predicted molar refractivity (Wildman–Crippen MR) is 66.1 cm³/mol. The molecular formula is C12H14N4O3. The fourth-order valence-electron chi connectivity index (χ4n) is 1.53. The van der Waals surface area contributed by atoms with Gasteiger partial charge in [-0.05, 0) is 30.3 Å². The van der Waals surface area contributed by atoms with Gasteiger partial charge in [0.2, 0.25) is 5.82 Å². The Kier molecular flexibility index (Phi) is 3.74. The highest BCUT2D eigenvalue weighted by atomic mass is 16.5. The lowest BCUT2D eigenvalue weighted by atomic mass is 10.1. The number of tetrazole rings is 1. The summed E-state index contributed by atoms with van der Waals surface area (Å²) < 4.78 is 10.7. The van der Waals surface area contributed by atoms with Crippen molar-refractivity contribution in [3.63, 3.8) is 0 Å². The average molecular weight is 262 g/mol. The van der Waals surface area contributed by atoms with Crippen molar-refractivity contribution < 1.29 is 14.3 Å². The normalized spacial score (nSPS) is 10.3. The number of carbonyl (C=O) groups is 1. The SMILES string of the molecule is COc1cc(C(C)=O)ccc1OCc1nnn(C)n1. The lowest BCUT2D eigenvalue weighted by Crippen LogP contribution is -2.01. The first-order valence-corrected chi connectivity index (χ1v) is 5.65. The zero-order valence-corrected chi connectivity index (χ0v) is 11.0. The molecule has 0 saturated heterocycles. The van der Waals surface area contributed by atoms with E-state index in [0.29, 0.717) is 22.9 Å². The van der Waals surface area contributed by atoms with Crippen LogP contribution in [0.3, 0.4) is 0 Å². The number of benzene rings is 1. The molecule has 0 aliphatic rings. The Morgan fingerprint density at radius 2 is 2.16 bits per heavy atom. The van der Waals surface area contributed by atoms with Crippen LogP contribution in [0.5, 0.6) is 11.5 Å². The molecule has 2 rings (SSSR count). The van der Waals surface area contributed by atoms with Crippen LogP contribution in [-0.2, 0) is 13.7 Å². The van der Waals surface area contributed by atoms with Crippen LogP contribution in [-0.4, -0.2) is 33.1 Å². The first kappa shape index (κ1) is 13.0. The van der Waals surface area contributed by atoms with Gasteiger partial charge in [0, 0.05) is 5.56 Å². The molecule has 0 amide bonds. The monoisotopic (exact) mass is 262 g/mol. The first-order valence-electron chi connectivity index (χ1n) is 5.65. The Hall–Kier alpha value is -2.44. The zero-order valence-electron chi connectivity index (χ0n) is 11.0. The van der Waals surface area contributed by atoms with E-state index in [4.69, 9.17) is 9.47 Å². The molecule has 0 fully saturated rings. The molecule has 0 aliphatic heterocycles. The summed E-state index contributed by atoms with van der Waals surface area (Å²) in [6, 6.07) is 5.01. The van der Waals surface area contributed by atoms with Crippen molar-refractivity contribution in [3.05, 3.63) is 29.6 Å². The lowest BCUT2D eigenvalue weighted by molar-refractivity contribution is 0.101.